The van der Waals surface area contributed by atoms with Crippen molar-refractivity contribution in [3.63, 3.8) is 0 Å². The molecule has 0 spiro atoms. The normalized spacial score (nSPS) is 19.4. The van der Waals surface area contributed by atoms with Crippen LogP contribution in [0.15, 0.2) is 24.3 Å². The predicted octanol–water partition coefficient (Wildman–Crippen LogP) is 0.974. The number of carbonyl (C=O) groups is 1. The van der Waals surface area contributed by atoms with Crippen LogP contribution in [0.25, 0.3) is 5.69 Å². The SMILES string of the molecule is Cc1nc(C(=O)N(C)[C@H]2CCS(=O)(=O)C2)nn1-c1ccc(F)cc1. The van der Waals surface area contributed by atoms with Crippen molar-refractivity contribution >= 4 is 15.7 Å². The fourth-order valence-electron chi connectivity index (χ4n) is 2.71. The quantitative estimate of drug-likeness (QED) is 0.822. The number of hydrogen-bond donors (Lipinski definition) is 0. The van der Waals surface area contributed by atoms with Crippen LogP contribution in [0, 0.1) is 12.7 Å². The van der Waals surface area contributed by atoms with Crippen LogP contribution in [-0.4, -0.2) is 58.6 Å². The number of aryl methyl sites for hydroxylation is 1. The predicted molar refractivity (Wildman–Crippen MR) is 85.2 cm³/mol. The smallest absolute Gasteiger partial charge is 0.293 e. The molecule has 3 rings (SSSR count). The fourth-order valence-corrected chi connectivity index (χ4v) is 4.49. The molecule has 1 aromatic carbocycles. The molecule has 2 heterocycles. The van der Waals surface area contributed by atoms with E-state index in [1.54, 1.807) is 26.1 Å². The van der Waals surface area contributed by atoms with Crippen molar-refractivity contribution < 1.29 is 17.6 Å². The minimum absolute atomic E-state index is 0.0105. The van der Waals surface area contributed by atoms with Gasteiger partial charge in [-0.1, -0.05) is 0 Å². The van der Waals surface area contributed by atoms with Crippen molar-refractivity contribution in [2.24, 2.45) is 0 Å². The minimum atomic E-state index is -3.08. The number of aromatic nitrogens is 3. The van der Waals surface area contributed by atoms with Crippen molar-refractivity contribution in [3.05, 3.63) is 41.7 Å². The maximum absolute atomic E-state index is 13.0. The monoisotopic (exact) mass is 352 g/mol. The summed E-state index contributed by atoms with van der Waals surface area (Å²) in [5.41, 5.74) is 0.589. The van der Waals surface area contributed by atoms with E-state index in [0.29, 0.717) is 17.9 Å². The van der Waals surface area contributed by atoms with E-state index in [4.69, 9.17) is 0 Å². The van der Waals surface area contributed by atoms with Gasteiger partial charge in [0.2, 0.25) is 5.82 Å². The summed E-state index contributed by atoms with van der Waals surface area (Å²) < 4.78 is 37.6. The fraction of sp³-hybridized carbons (Fsp3) is 0.400. The Morgan fingerprint density at radius 3 is 2.58 bits per heavy atom. The summed E-state index contributed by atoms with van der Waals surface area (Å²) >= 11 is 0. The summed E-state index contributed by atoms with van der Waals surface area (Å²) in [5.74, 6) is -0.268. The van der Waals surface area contributed by atoms with Gasteiger partial charge in [-0.05, 0) is 37.6 Å². The van der Waals surface area contributed by atoms with E-state index in [1.807, 2.05) is 0 Å². The van der Waals surface area contributed by atoms with Crippen molar-refractivity contribution in [1.29, 1.82) is 0 Å². The van der Waals surface area contributed by atoms with Gasteiger partial charge in [-0.2, -0.15) is 0 Å². The van der Waals surface area contributed by atoms with E-state index < -0.39 is 15.7 Å². The van der Waals surface area contributed by atoms with Crippen LogP contribution in [0.5, 0.6) is 0 Å². The molecule has 1 fully saturated rings. The summed E-state index contributed by atoms with van der Waals surface area (Å²) in [6, 6.07) is 5.32. The molecule has 0 saturated carbocycles. The number of benzene rings is 1. The molecular weight excluding hydrogens is 335 g/mol. The first-order chi connectivity index (χ1) is 11.3. The summed E-state index contributed by atoms with van der Waals surface area (Å²) in [7, 11) is -1.52. The van der Waals surface area contributed by atoms with E-state index in [0.717, 1.165) is 0 Å². The number of halogens is 1. The van der Waals surface area contributed by atoms with Gasteiger partial charge in [-0.3, -0.25) is 4.79 Å². The van der Waals surface area contributed by atoms with E-state index in [1.165, 1.54) is 21.7 Å². The average Bonchev–Trinajstić information content (AvgIpc) is 3.09. The average molecular weight is 352 g/mol. The van der Waals surface area contributed by atoms with Crippen LogP contribution in [0.4, 0.5) is 4.39 Å². The number of rotatable bonds is 3. The molecule has 7 nitrogen and oxygen atoms in total. The minimum Gasteiger partial charge on any atom is -0.335 e. The highest BCUT2D eigenvalue weighted by atomic mass is 32.2. The van der Waals surface area contributed by atoms with Crippen molar-refractivity contribution in [2.75, 3.05) is 18.6 Å². The van der Waals surface area contributed by atoms with Gasteiger partial charge in [-0.15, -0.1) is 5.10 Å². The molecule has 0 aliphatic carbocycles. The van der Waals surface area contributed by atoms with Gasteiger partial charge in [0.25, 0.3) is 5.91 Å². The van der Waals surface area contributed by atoms with Crippen molar-refractivity contribution in [2.45, 2.75) is 19.4 Å². The van der Waals surface area contributed by atoms with E-state index >= 15 is 0 Å². The van der Waals surface area contributed by atoms with E-state index in [9.17, 15) is 17.6 Å². The second-order valence-electron chi connectivity index (χ2n) is 5.84. The first-order valence-electron chi connectivity index (χ1n) is 7.44. The van der Waals surface area contributed by atoms with Crippen LogP contribution in [0.1, 0.15) is 22.9 Å². The molecule has 128 valence electrons. The lowest BCUT2D eigenvalue weighted by molar-refractivity contribution is 0.0735. The Morgan fingerprint density at radius 1 is 1.33 bits per heavy atom. The molecule has 0 N–H and O–H groups in total. The van der Waals surface area contributed by atoms with Gasteiger partial charge in [0.05, 0.1) is 17.2 Å². The summed E-state index contributed by atoms with van der Waals surface area (Å²) in [6.07, 6.45) is 0.419. The van der Waals surface area contributed by atoms with Gasteiger partial charge in [-0.25, -0.2) is 22.5 Å². The molecule has 1 aliphatic heterocycles. The standard InChI is InChI=1S/C15H17FN4O3S/c1-10-17-14(18-20(10)12-5-3-11(16)4-6-12)15(21)19(2)13-7-8-24(22,23)9-13/h3-6,13H,7-9H2,1-2H3/t13-/m0/s1. The summed E-state index contributed by atoms with van der Waals surface area (Å²) in [5, 5.41) is 4.18. The third kappa shape index (κ3) is 3.16. The number of nitrogens with zero attached hydrogens (tertiary/aromatic N) is 4. The maximum atomic E-state index is 13.0. The second kappa shape index (κ2) is 5.97. The molecule has 24 heavy (non-hydrogen) atoms. The first kappa shape index (κ1) is 16.6. The van der Waals surface area contributed by atoms with Gasteiger partial charge < -0.3 is 4.90 Å². The second-order valence-corrected chi connectivity index (χ2v) is 8.07. The Hall–Kier alpha value is -2.29. The van der Waals surface area contributed by atoms with Crippen molar-refractivity contribution in [1.82, 2.24) is 19.7 Å². The largest absolute Gasteiger partial charge is 0.335 e. The van der Waals surface area contributed by atoms with Crippen LogP contribution in [0.2, 0.25) is 0 Å². The Morgan fingerprint density at radius 2 is 2.00 bits per heavy atom. The Labute approximate surface area is 139 Å². The van der Waals surface area contributed by atoms with Crippen LogP contribution in [0.3, 0.4) is 0 Å². The third-order valence-corrected chi connectivity index (χ3v) is 5.86. The Bertz CT molecular complexity index is 877. The van der Waals surface area contributed by atoms with Crippen LogP contribution in [-0.2, 0) is 9.84 Å². The van der Waals surface area contributed by atoms with Gasteiger partial charge in [0.15, 0.2) is 9.84 Å². The molecule has 2 aromatic rings. The van der Waals surface area contributed by atoms with Gasteiger partial charge >= 0.3 is 0 Å². The van der Waals surface area contributed by atoms with Crippen molar-refractivity contribution in [3.8, 4) is 5.69 Å². The zero-order chi connectivity index (χ0) is 17.5. The Kier molecular flexibility index (Phi) is 4.12. The lowest BCUT2D eigenvalue weighted by atomic mass is 10.2. The molecule has 1 aromatic heterocycles. The number of sulfone groups is 1. The zero-order valence-corrected chi connectivity index (χ0v) is 14.1. The highest BCUT2D eigenvalue weighted by Gasteiger charge is 2.34. The molecular formula is C15H17FN4O3S. The lowest BCUT2D eigenvalue weighted by Gasteiger charge is -2.21. The number of amides is 1. The molecule has 1 amide bonds. The molecule has 0 bridgehead atoms. The summed E-state index contributed by atoms with van der Waals surface area (Å²) in [4.78, 5) is 18.1. The van der Waals surface area contributed by atoms with Crippen LogP contribution >= 0.6 is 0 Å². The lowest BCUT2D eigenvalue weighted by Crippen LogP contribution is -2.38. The number of carbonyl (C=O) groups excluding carboxylic acids is 1. The summed E-state index contributed by atoms with van der Waals surface area (Å²) in [6.45, 7) is 1.69. The van der Waals surface area contributed by atoms with Gasteiger partial charge in [0.1, 0.15) is 11.6 Å². The topological polar surface area (TPSA) is 85.2 Å². The zero-order valence-electron chi connectivity index (χ0n) is 13.3. The first-order valence-corrected chi connectivity index (χ1v) is 9.26. The van der Waals surface area contributed by atoms with E-state index in [2.05, 4.69) is 10.1 Å². The maximum Gasteiger partial charge on any atom is 0.293 e. The molecule has 0 radical (unpaired) electrons. The highest BCUT2D eigenvalue weighted by molar-refractivity contribution is 7.91. The van der Waals surface area contributed by atoms with Gasteiger partial charge in [0, 0.05) is 13.1 Å². The molecule has 1 atom stereocenters. The molecule has 1 saturated heterocycles. The Balaban J connectivity index is 1.84. The molecule has 0 unspecified atom stereocenters. The molecule has 9 heteroatoms. The van der Waals surface area contributed by atoms with E-state index in [-0.39, 0.29) is 29.2 Å². The van der Waals surface area contributed by atoms with Crippen LogP contribution < -0.4 is 0 Å². The molecule has 1 aliphatic rings. The third-order valence-electron chi connectivity index (χ3n) is 4.11. The number of hydrogen-bond acceptors (Lipinski definition) is 5. The highest BCUT2D eigenvalue weighted by Crippen LogP contribution is 2.18.